The van der Waals surface area contributed by atoms with E-state index in [1.807, 2.05) is 6.07 Å². The quantitative estimate of drug-likeness (QED) is 0.368. The van der Waals surface area contributed by atoms with Crippen LogP contribution >= 0.6 is 0 Å². The molecule has 3 N–H and O–H groups in total. The van der Waals surface area contributed by atoms with Crippen LogP contribution in [0.2, 0.25) is 0 Å². The molecule has 1 saturated carbocycles. The number of aliphatic hydroxyl groups excluding tert-OH is 1. The molecule has 2 amide bonds. The average molecular weight is 576 g/mol. The molecule has 5 rings (SSSR count). The Bertz CT molecular complexity index is 1440. The predicted molar refractivity (Wildman–Crippen MR) is 143 cm³/mol. The molecular formula is C28H32F3N5O5. The van der Waals surface area contributed by atoms with Gasteiger partial charge in [-0.1, -0.05) is 0 Å². The number of aromatic nitrogens is 3. The highest BCUT2D eigenvalue weighted by Gasteiger charge is 2.34. The second-order valence-electron chi connectivity index (χ2n) is 11.5. The third-order valence-corrected chi connectivity index (χ3v) is 7.25. The van der Waals surface area contributed by atoms with E-state index in [9.17, 15) is 27.9 Å². The van der Waals surface area contributed by atoms with Crippen LogP contribution in [0.3, 0.4) is 0 Å². The maximum atomic E-state index is 13.5. The number of rotatable bonds is 5. The molecule has 3 aromatic rings. The number of hydrogen-bond acceptors (Lipinski definition) is 7. The Morgan fingerprint density at radius 3 is 2.44 bits per heavy atom. The van der Waals surface area contributed by atoms with Gasteiger partial charge in [0, 0.05) is 31.3 Å². The van der Waals surface area contributed by atoms with E-state index >= 15 is 0 Å². The summed E-state index contributed by atoms with van der Waals surface area (Å²) in [5.41, 5.74) is 1.53. The number of halogens is 3. The number of pyridine rings is 1. The second-order valence-corrected chi connectivity index (χ2v) is 11.5. The third-order valence-electron chi connectivity index (χ3n) is 7.25. The third kappa shape index (κ3) is 6.72. The van der Waals surface area contributed by atoms with Crippen LogP contribution in [0.1, 0.15) is 80.0 Å². The molecule has 0 bridgehead atoms. The van der Waals surface area contributed by atoms with E-state index in [0.717, 1.165) is 29.0 Å². The molecule has 10 nitrogen and oxygen atoms in total. The monoisotopic (exact) mass is 575 g/mol. The maximum Gasteiger partial charge on any atom is 0.573 e. The van der Waals surface area contributed by atoms with Gasteiger partial charge in [0.15, 0.2) is 5.65 Å². The summed E-state index contributed by atoms with van der Waals surface area (Å²) in [4.78, 5) is 40.0. The smallest absolute Gasteiger partial charge is 0.444 e. The Kier molecular flexibility index (Phi) is 7.58. The number of hydrogen-bond donors (Lipinski definition) is 3. The highest BCUT2D eigenvalue weighted by atomic mass is 19.4. The van der Waals surface area contributed by atoms with Crippen molar-refractivity contribution in [2.24, 2.45) is 0 Å². The minimum absolute atomic E-state index is 0.0229. The van der Waals surface area contributed by atoms with Crippen LogP contribution in [0.15, 0.2) is 30.5 Å². The Balaban J connectivity index is 1.31. The fraction of sp³-hybridized carbons (Fsp3) is 0.500. The molecule has 2 aromatic heterocycles. The van der Waals surface area contributed by atoms with Crippen molar-refractivity contribution in [1.29, 1.82) is 0 Å². The van der Waals surface area contributed by atoms with Crippen molar-refractivity contribution < 1.29 is 37.3 Å². The lowest BCUT2D eigenvalue weighted by Gasteiger charge is -2.33. The Morgan fingerprint density at radius 1 is 1.10 bits per heavy atom. The number of aliphatic hydroxyl groups is 1. The highest BCUT2D eigenvalue weighted by molar-refractivity contribution is 6.03. The van der Waals surface area contributed by atoms with Crippen molar-refractivity contribution in [3.05, 3.63) is 47.4 Å². The van der Waals surface area contributed by atoms with E-state index in [0.29, 0.717) is 44.4 Å². The molecular weight excluding hydrogens is 543 g/mol. The van der Waals surface area contributed by atoms with Gasteiger partial charge in [-0.25, -0.2) is 14.8 Å². The van der Waals surface area contributed by atoms with Crippen LogP contribution in [-0.2, 0) is 4.74 Å². The molecule has 0 unspecified atom stereocenters. The first-order chi connectivity index (χ1) is 19.3. The van der Waals surface area contributed by atoms with Gasteiger partial charge < -0.3 is 24.5 Å². The van der Waals surface area contributed by atoms with Gasteiger partial charge in [0.1, 0.15) is 22.7 Å². The van der Waals surface area contributed by atoms with E-state index < -0.39 is 29.7 Å². The van der Waals surface area contributed by atoms with Crippen LogP contribution in [0.25, 0.3) is 11.2 Å². The van der Waals surface area contributed by atoms with Gasteiger partial charge in [-0.2, -0.15) is 0 Å². The number of anilines is 1. The number of aromatic amines is 1. The van der Waals surface area contributed by atoms with Crippen LogP contribution < -0.4 is 10.1 Å². The average Bonchev–Trinajstić information content (AvgIpc) is 3.28. The SMILES string of the molecule is CC(C)(C)OC(=O)Nc1cc(OC(F)(F)F)ccc1C(=O)N1CCC(c2ccnc3[nH]c(C4CC(O)C4)nc23)CC1. The first-order valence-electron chi connectivity index (χ1n) is 13.5. The van der Waals surface area contributed by atoms with Crippen LogP contribution in [0.4, 0.5) is 23.7 Å². The first-order valence-corrected chi connectivity index (χ1v) is 13.5. The standard InChI is InChI=1S/C28H32F3N5O5/c1-27(2,3)41-26(39)33-21-14-18(40-28(29,30)31)4-5-20(21)25(38)36-10-7-15(8-11-36)19-6-9-32-24-22(19)34-23(35-24)16-12-17(37)13-16/h4-6,9,14-17,37H,7-8,10-13H2,1-3H3,(H,33,39)(H,32,34,35). The molecule has 2 fully saturated rings. The number of carbonyl (C=O) groups excluding carboxylic acids is 2. The molecule has 1 saturated heterocycles. The van der Waals surface area contributed by atoms with Gasteiger partial charge in [0.25, 0.3) is 5.91 Å². The number of carbonyl (C=O) groups is 2. The van der Waals surface area contributed by atoms with Crippen molar-refractivity contribution >= 4 is 28.9 Å². The summed E-state index contributed by atoms with van der Waals surface area (Å²) in [6, 6.07) is 5.14. The van der Waals surface area contributed by atoms with E-state index in [4.69, 9.17) is 9.72 Å². The summed E-state index contributed by atoms with van der Waals surface area (Å²) in [6.07, 6.45) is -1.80. The zero-order chi connectivity index (χ0) is 29.5. The van der Waals surface area contributed by atoms with Crippen molar-refractivity contribution in [1.82, 2.24) is 19.9 Å². The van der Waals surface area contributed by atoms with Gasteiger partial charge in [0.05, 0.1) is 17.4 Å². The Morgan fingerprint density at radius 2 is 1.80 bits per heavy atom. The summed E-state index contributed by atoms with van der Waals surface area (Å²) in [6.45, 7) is 5.72. The Labute approximate surface area is 234 Å². The number of amides is 2. The van der Waals surface area contributed by atoms with Crippen molar-refractivity contribution in [3.63, 3.8) is 0 Å². The lowest BCUT2D eigenvalue weighted by molar-refractivity contribution is -0.274. The van der Waals surface area contributed by atoms with Gasteiger partial charge in [-0.05, 0) is 76.1 Å². The van der Waals surface area contributed by atoms with Crippen molar-refractivity contribution in [2.75, 3.05) is 18.4 Å². The molecule has 1 aliphatic carbocycles. The van der Waals surface area contributed by atoms with Gasteiger partial charge in [-0.3, -0.25) is 10.1 Å². The molecule has 0 spiro atoms. The molecule has 13 heteroatoms. The normalized spacial score (nSPS) is 20.0. The number of benzene rings is 1. The Hall–Kier alpha value is -3.87. The van der Waals surface area contributed by atoms with Crippen molar-refractivity contribution in [3.8, 4) is 5.75 Å². The van der Waals surface area contributed by atoms with Gasteiger partial charge in [0.2, 0.25) is 0 Å². The predicted octanol–water partition coefficient (Wildman–Crippen LogP) is 5.46. The molecule has 3 heterocycles. The molecule has 0 radical (unpaired) electrons. The molecule has 1 aliphatic heterocycles. The zero-order valence-corrected chi connectivity index (χ0v) is 22.9. The van der Waals surface area contributed by atoms with Crippen LogP contribution in [0.5, 0.6) is 5.75 Å². The molecule has 41 heavy (non-hydrogen) atoms. The zero-order valence-electron chi connectivity index (χ0n) is 22.9. The van der Waals surface area contributed by atoms with Crippen LogP contribution in [0, 0.1) is 0 Å². The number of ether oxygens (including phenoxy) is 2. The maximum absolute atomic E-state index is 13.5. The van der Waals surface area contributed by atoms with Crippen LogP contribution in [-0.4, -0.2) is 68.1 Å². The molecule has 0 atom stereocenters. The minimum Gasteiger partial charge on any atom is -0.444 e. The summed E-state index contributed by atoms with van der Waals surface area (Å²) in [5.74, 6) is 0.118. The van der Waals surface area contributed by atoms with E-state index in [1.54, 1.807) is 31.9 Å². The summed E-state index contributed by atoms with van der Waals surface area (Å²) >= 11 is 0. The fourth-order valence-electron chi connectivity index (χ4n) is 5.27. The molecule has 220 valence electrons. The number of imidazole rings is 1. The van der Waals surface area contributed by atoms with E-state index in [-0.39, 0.29) is 29.2 Å². The summed E-state index contributed by atoms with van der Waals surface area (Å²) in [5, 5.41) is 12.1. The number of H-pyrrole nitrogens is 1. The van der Waals surface area contributed by atoms with E-state index in [2.05, 4.69) is 20.0 Å². The molecule has 1 aromatic carbocycles. The fourth-order valence-corrected chi connectivity index (χ4v) is 5.27. The number of fused-ring (bicyclic) bond motifs is 1. The van der Waals surface area contributed by atoms with Crippen molar-refractivity contribution in [2.45, 2.75) is 76.4 Å². The lowest BCUT2D eigenvalue weighted by Crippen LogP contribution is -2.38. The number of piperidine rings is 1. The largest absolute Gasteiger partial charge is 0.573 e. The highest BCUT2D eigenvalue weighted by Crippen LogP contribution is 2.38. The summed E-state index contributed by atoms with van der Waals surface area (Å²) in [7, 11) is 0. The molecule has 2 aliphatic rings. The second kappa shape index (κ2) is 10.8. The van der Waals surface area contributed by atoms with E-state index in [1.165, 1.54) is 6.07 Å². The first kappa shape index (κ1) is 28.7. The number of likely N-dealkylation sites (tertiary alicyclic amines) is 1. The lowest BCUT2D eigenvalue weighted by atomic mass is 9.82. The number of nitrogens with zero attached hydrogens (tertiary/aromatic N) is 3. The topological polar surface area (TPSA) is 130 Å². The minimum atomic E-state index is -4.94. The number of alkyl halides is 3. The summed E-state index contributed by atoms with van der Waals surface area (Å²) < 4.78 is 47.7. The number of nitrogens with one attached hydrogen (secondary N) is 2. The van der Waals surface area contributed by atoms with Gasteiger partial charge in [-0.15, -0.1) is 13.2 Å². The van der Waals surface area contributed by atoms with Gasteiger partial charge >= 0.3 is 12.5 Å².